The first-order valence-electron chi connectivity index (χ1n) is 42.2. The number of aromatic nitrogens is 3. The minimum absolute atomic E-state index is 0.00396. The second-order valence-electron chi connectivity index (χ2n) is 20.8. The molecule has 0 radical (unpaired) electrons. The van der Waals surface area contributed by atoms with Crippen LogP contribution in [0.4, 0.5) is 0 Å². The summed E-state index contributed by atoms with van der Waals surface area (Å²) in [6.45, 7) is 0. The number of nitrogens with one attached hydrogen (secondary N) is 1. The Hall–Kier alpha value is -11.0. The lowest BCUT2D eigenvalue weighted by Gasteiger charge is -2.11. The lowest BCUT2D eigenvalue weighted by Crippen LogP contribution is -1.94. The molecular formula is C85H58BrN3. The number of para-hydroxylation sites is 3. The zero-order valence-electron chi connectivity index (χ0n) is 74.6. The molecule has 1 aliphatic carbocycles. The Kier molecular flexibility index (Phi) is 8.15. The summed E-state index contributed by atoms with van der Waals surface area (Å²) in [6, 6.07) is 37.8. The highest BCUT2D eigenvalue weighted by atomic mass is 79.9. The van der Waals surface area contributed by atoms with Crippen LogP contribution < -0.4 is 0 Å². The topological polar surface area (TPSA) is 25.6 Å². The average molecular weight is 1230 g/mol. The quantitative estimate of drug-likeness (QED) is 0.165. The summed E-state index contributed by atoms with van der Waals surface area (Å²) < 4.78 is 252. The zero-order valence-corrected chi connectivity index (χ0v) is 48.2. The molecule has 0 fully saturated rings. The molecule has 17 aromatic rings. The Balaban J connectivity index is 0.000000163. The van der Waals surface area contributed by atoms with E-state index in [2.05, 4.69) is 57.3 Å². The van der Waals surface area contributed by atoms with Crippen molar-refractivity contribution >= 4 is 81.3 Å². The van der Waals surface area contributed by atoms with Crippen molar-refractivity contribution in [1.29, 1.82) is 0 Å². The monoisotopic (exact) mass is 1230 g/mol. The molecule has 0 spiro atoms. The van der Waals surface area contributed by atoms with Gasteiger partial charge in [-0.2, -0.15) is 0 Å². The van der Waals surface area contributed by atoms with Gasteiger partial charge in [0.1, 0.15) is 0 Å². The summed E-state index contributed by atoms with van der Waals surface area (Å²) in [6.07, 6.45) is -0.0960. The maximum absolute atomic E-state index is 9.83. The summed E-state index contributed by atoms with van der Waals surface area (Å²) in [5.41, 5.74) is 4.97. The van der Waals surface area contributed by atoms with Gasteiger partial charge in [0.05, 0.1) is 60.4 Å². The van der Waals surface area contributed by atoms with E-state index in [0.717, 1.165) is 26.7 Å². The van der Waals surface area contributed by atoms with Crippen molar-refractivity contribution in [3.63, 3.8) is 0 Å². The van der Waals surface area contributed by atoms with Gasteiger partial charge in [-0.25, -0.2) is 0 Å². The molecular weight excluding hydrogens is 1140 g/mol. The number of halogens is 1. The molecule has 1 aliphatic rings. The van der Waals surface area contributed by atoms with Crippen molar-refractivity contribution in [3.05, 3.63) is 349 Å². The van der Waals surface area contributed by atoms with E-state index >= 15 is 0 Å². The summed E-state index contributed by atoms with van der Waals surface area (Å²) in [5, 5.41) is -0.650. The first kappa shape index (κ1) is 31.6. The third-order valence-corrected chi connectivity index (χ3v) is 15.9. The lowest BCUT2D eigenvalue weighted by atomic mass is 9.97. The van der Waals surface area contributed by atoms with E-state index in [1.54, 1.807) is 36.4 Å². The van der Waals surface area contributed by atoms with Gasteiger partial charge in [-0.05, 0) is 181 Å². The SMILES string of the molecule is Brc1cccc(-c2ccccc2)c1.[2H]c1c([2H])c([2H])c2c(c1[2H])Cc1c([2H])c([2H])c(-c3c([2H])c([2H])c4[nH]c5c([2H])c([2H])c([2H])c([2H])c5c4c3[2H])c([2H])c1-2.[2H]c1c([2H])c([2H])c2c(c1[2H])c1c([2H])c(-c3c([2H])c([2H])c4c(c3[2H])c3c([2H])c([2H])c([2H])c([2H])c3n4-c3cccc(-c4ccccc4)c3)c([2H])c([2H])c1n2-c1cccc(-c2ccccc2)c1. The minimum Gasteiger partial charge on any atom is -0.355 e. The fourth-order valence-electron chi connectivity index (χ4n) is 11.3. The molecule has 0 amide bonds. The van der Waals surface area contributed by atoms with Crippen molar-refractivity contribution in [2.24, 2.45) is 0 Å². The average Bonchev–Trinajstić information content (AvgIpc) is 1.55. The smallest absolute Gasteiger partial charge is 0.0645 e. The number of H-pyrrole nitrogens is 1. The molecule has 89 heavy (non-hydrogen) atoms. The number of hydrogen-bond donors (Lipinski definition) is 1. The van der Waals surface area contributed by atoms with Crippen LogP contribution in [-0.2, 0) is 6.42 Å². The normalized spacial score (nSPS) is 16.0. The second-order valence-corrected chi connectivity index (χ2v) is 21.7. The lowest BCUT2D eigenvalue weighted by molar-refractivity contribution is 1.18. The van der Waals surface area contributed by atoms with Crippen LogP contribution in [0.5, 0.6) is 0 Å². The van der Waals surface area contributed by atoms with Crippen molar-refractivity contribution in [2.45, 2.75) is 6.42 Å². The summed E-state index contributed by atoms with van der Waals surface area (Å²) in [7, 11) is 0. The number of aromatic amines is 1. The van der Waals surface area contributed by atoms with Gasteiger partial charge in [0.15, 0.2) is 0 Å². The Morgan fingerprint density at radius 1 is 0.292 bits per heavy atom. The van der Waals surface area contributed by atoms with Crippen LogP contribution in [0.3, 0.4) is 0 Å². The molecule has 420 valence electrons. The summed E-state index contributed by atoms with van der Waals surface area (Å²) in [4.78, 5) is 2.75. The number of nitrogens with zero attached hydrogens (tertiary/aromatic N) is 2. The Labute approximate surface area is 565 Å². The van der Waals surface area contributed by atoms with Crippen molar-refractivity contribution in [3.8, 4) is 78.1 Å². The molecule has 1 N–H and O–H groups in total. The molecule has 3 nitrogen and oxygen atoms in total. The third-order valence-electron chi connectivity index (χ3n) is 15.4. The molecule has 0 unspecified atom stereocenters. The van der Waals surface area contributed by atoms with E-state index in [1.807, 2.05) is 91.0 Å². The van der Waals surface area contributed by atoms with E-state index < -0.39 is 168 Å². The molecule has 0 aliphatic heterocycles. The summed E-state index contributed by atoms with van der Waals surface area (Å²) in [5.74, 6) is 0. The van der Waals surface area contributed by atoms with E-state index in [4.69, 9.17) is 30.2 Å². The molecule has 3 heterocycles. The predicted molar refractivity (Wildman–Crippen MR) is 380 cm³/mol. The van der Waals surface area contributed by atoms with Gasteiger partial charge < -0.3 is 14.1 Å². The van der Waals surface area contributed by atoms with Crippen LogP contribution in [-0.4, -0.2) is 14.1 Å². The van der Waals surface area contributed by atoms with E-state index in [9.17, 15) is 8.22 Å². The van der Waals surface area contributed by atoms with Gasteiger partial charge in [-0.1, -0.05) is 252 Å². The van der Waals surface area contributed by atoms with Gasteiger partial charge >= 0.3 is 0 Å². The highest BCUT2D eigenvalue weighted by molar-refractivity contribution is 9.10. The fraction of sp³-hybridized carbons (Fsp3) is 0.0118. The molecule has 0 saturated heterocycles. The van der Waals surface area contributed by atoms with Gasteiger partial charge in [-0.15, -0.1) is 0 Å². The largest absolute Gasteiger partial charge is 0.355 e. The molecule has 18 rings (SSSR count). The highest BCUT2D eigenvalue weighted by Gasteiger charge is 2.20. The van der Waals surface area contributed by atoms with E-state index in [1.165, 1.54) is 20.3 Å². The first-order chi connectivity index (χ1) is 55.7. The second kappa shape index (κ2) is 23.0. The Morgan fingerprint density at radius 2 is 0.708 bits per heavy atom. The molecule has 4 heteroatoms. The van der Waals surface area contributed by atoms with Crippen LogP contribution in [0, 0.1) is 0 Å². The van der Waals surface area contributed by atoms with Crippen LogP contribution in [0.25, 0.3) is 144 Å². The third kappa shape index (κ3) is 10.1. The first-order valence-corrected chi connectivity index (χ1v) is 29.0. The number of hydrogen-bond acceptors (Lipinski definition) is 0. The van der Waals surface area contributed by atoms with Crippen molar-refractivity contribution in [1.82, 2.24) is 14.1 Å². The predicted octanol–water partition coefficient (Wildman–Crippen LogP) is 23.6. The fourth-order valence-corrected chi connectivity index (χ4v) is 11.7. The maximum atomic E-state index is 9.83. The van der Waals surface area contributed by atoms with E-state index in [-0.39, 0.29) is 117 Å². The number of benzene rings is 14. The highest BCUT2D eigenvalue weighted by Crippen LogP contribution is 2.42. The van der Waals surface area contributed by atoms with Gasteiger partial charge in [0.25, 0.3) is 0 Å². The van der Waals surface area contributed by atoms with Crippen molar-refractivity contribution < 1.29 is 38.4 Å². The van der Waals surface area contributed by atoms with Crippen LogP contribution in [0.2, 0.25) is 0 Å². The molecule has 14 aromatic carbocycles. The van der Waals surface area contributed by atoms with Crippen LogP contribution in [0.15, 0.2) is 337 Å². The zero-order chi connectivity index (χ0) is 83.6. The molecule has 3 aromatic heterocycles. The Bertz CT molecular complexity index is 6970. The Morgan fingerprint density at radius 3 is 1.28 bits per heavy atom. The van der Waals surface area contributed by atoms with E-state index in [0.29, 0.717) is 11.4 Å². The van der Waals surface area contributed by atoms with Crippen LogP contribution >= 0.6 is 15.9 Å². The molecule has 0 bridgehead atoms. The maximum Gasteiger partial charge on any atom is 0.0645 e. The summed E-state index contributed by atoms with van der Waals surface area (Å²) >= 11 is 3.46. The number of rotatable bonds is 7. The number of fused-ring (bicyclic) bond motifs is 12. The molecule has 0 atom stereocenters. The van der Waals surface area contributed by atoms with Gasteiger partial charge in [-0.3, -0.25) is 0 Å². The van der Waals surface area contributed by atoms with Gasteiger partial charge in [0.2, 0.25) is 0 Å². The minimum atomic E-state index is -0.613. The standard InChI is InChI=1S/C48H32N2.C25H17N.C12H9Br/c1-3-13-33(14-4-1)35-17-11-19-39(29-35)49-45-23-9-7-21-41(45)43-31-37(25-27-47(43)49)38-26-28-48-44(32-38)42-22-8-10-24-46(42)50(48)40-20-12-18-36(30-40)34-15-5-2-6-16-34;1-2-6-20-18(5-1)13-19-10-9-16(14-22(19)20)17-11-12-25-23(15-17)21-7-3-4-8-24(21)26-25;13-12-8-4-7-11(9-12)10-5-2-1-3-6-10/h1-32H;1-12,14-15,26H,13H2;1-9H/i7D,8D,9D,10D,21D,22D,23D,24D,25D,26D,27D,28D,31D,32D;1D,2D,3D,4D,5D,6D,7D,8D,9D,10D,11D,12D,14D,15D;. The van der Waals surface area contributed by atoms with Crippen LogP contribution in [0.1, 0.15) is 49.5 Å². The molecule has 0 saturated carbocycles. The van der Waals surface area contributed by atoms with Crippen molar-refractivity contribution in [2.75, 3.05) is 0 Å². The van der Waals surface area contributed by atoms with Gasteiger partial charge in [0, 0.05) is 59.2 Å².